The number of hydrogen-bond donors (Lipinski definition) is 2. The van der Waals surface area contributed by atoms with Gasteiger partial charge < -0.3 is 5.32 Å². The Balaban J connectivity index is 1.59. The summed E-state index contributed by atoms with van der Waals surface area (Å²) in [6.07, 6.45) is 0. The van der Waals surface area contributed by atoms with Crippen molar-refractivity contribution in [2.45, 2.75) is 5.16 Å². The second-order valence-electron chi connectivity index (χ2n) is 4.79. The minimum Gasteiger partial charge on any atom is -0.323 e. The van der Waals surface area contributed by atoms with Gasteiger partial charge in [0.05, 0.1) is 11.4 Å². The van der Waals surface area contributed by atoms with Crippen molar-refractivity contribution in [3.8, 4) is 11.4 Å². The predicted octanol–water partition coefficient (Wildman–Crippen LogP) is 3.48. The number of nitrogens with one attached hydrogen (secondary N) is 2. The molecule has 0 fully saturated rings. The standard InChI is InChI=1S/C16H12F2N4OS/c17-11-6-7-12(18)13(8-11)19-14(23)9-24-16-20-15(21-22-16)10-4-2-1-3-5-10/h1-8H,9H2,(H,19,23)(H,20,21,22). The molecule has 0 saturated carbocycles. The van der Waals surface area contributed by atoms with Crippen molar-refractivity contribution in [3.63, 3.8) is 0 Å². The molecule has 0 bridgehead atoms. The summed E-state index contributed by atoms with van der Waals surface area (Å²) in [5, 5.41) is 9.52. The molecule has 0 spiro atoms. The Labute approximate surface area is 140 Å². The van der Waals surface area contributed by atoms with Crippen LogP contribution in [0.4, 0.5) is 14.5 Å². The van der Waals surface area contributed by atoms with Crippen molar-refractivity contribution in [1.82, 2.24) is 15.2 Å². The number of nitrogens with zero attached hydrogens (tertiary/aromatic N) is 2. The van der Waals surface area contributed by atoms with Gasteiger partial charge in [-0.1, -0.05) is 42.1 Å². The van der Waals surface area contributed by atoms with Gasteiger partial charge in [0.2, 0.25) is 11.1 Å². The summed E-state index contributed by atoms with van der Waals surface area (Å²) in [6.45, 7) is 0. The summed E-state index contributed by atoms with van der Waals surface area (Å²) in [4.78, 5) is 16.1. The topological polar surface area (TPSA) is 70.7 Å². The number of carbonyl (C=O) groups excluding carboxylic acids is 1. The van der Waals surface area contributed by atoms with Gasteiger partial charge in [0.15, 0.2) is 5.82 Å². The van der Waals surface area contributed by atoms with Crippen LogP contribution in [-0.4, -0.2) is 26.8 Å². The van der Waals surface area contributed by atoms with Crippen LogP contribution in [0.25, 0.3) is 11.4 Å². The second kappa shape index (κ2) is 7.22. The number of thioether (sulfide) groups is 1. The Hall–Kier alpha value is -2.74. The summed E-state index contributed by atoms with van der Waals surface area (Å²) in [5.41, 5.74) is 0.684. The number of carbonyl (C=O) groups is 1. The quantitative estimate of drug-likeness (QED) is 0.694. The summed E-state index contributed by atoms with van der Waals surface area (Å²) >= 11 is 1.09. The van der Waals surface area contributed by atoms with E-state index in [1.807, 2.05) is 30.3 Å². The summed E-state index contributed by atoms with van der Waals surface area (Å²) in [6, 6.07) is 12.3. The molecule has 8 heteroatoms. The fourth-order valence-electron chi connectivity index (χ4n) is 1.95. The molecule has 1 aromatic heterocycles. The van der Waals surface area contributed by atoms with Crippen LogP contribution in [0.5, 0.6) is 0 Å². The molecule has 0 atom stereocenters. The van der Waals surface area contributed by atoms with E-state index < -0.39 is 17.5 Å². The van der Waals surface area contributed by atoms with Gasteiger partial charge in [-0.25, -0.2) is 13.8 Å². The summed E-state index contributed by atoms with van der Waals surface area (Å²) < 4.78 is 26.5. The molecule has 0 radical (unpaired) electrons. The predicted molar refractivity (Wildman–Crippen MR) is 87.5 cm³/mol. The largest absolute Gasteiger partial charge is 0.323 e. The van der Waals surface area contributed by atoms with Crippen molar-refractivity contribution in [1.29, 1.82) is 0 Å². The zero-order valence-electron chi connectivity index (χ0n) is 12.3. The molecule has 5 nitrogen and oxygen atoms in total. The van der Waals surface area contributed by atoms with Crippen LogP contribution in [0.3, 0.4) is 0 Å². The van der Waals surface area contributed by atoms with Gasteiger partial charge in [-0.15, -0.1) is 5.10 Å². The average molecular weight is 346 g/mol. The molecular formula is C16H12F2N4OS. The van der Waals surface area contributed by atoms with Crippen LogP contribution < -0.4 is 5.32 Å². The van der Waals surface area contributed by atoms with E-state index >= 15 is 0 Å². The van der Waals surface area contributed by atoms with Crippen LogP contribution in [0.15, 0.2) is 53.7 Å². The van der Waals surface area contributed by atoms with E-state index in [1.165, 1.54) is 0 Å². The van der Waals surface area contributed by atoms with Crippen LogP contribution in [0.2, 0.25) is 0 Å². The Morgan fingerprint density at radius 2 is 1.96 bits per heavy atom. The number of rotatable bonds is 5. The molecular weight excluding hydrogens is 334 g/mol. The van der Waals surface area contributed by atoms with E-state index in [9.17, 15) is 13.6 Å². The molecule has 2 N–H and O–H groups in total. The van der Waals surface area contributed by atoms with E-state index in [0.717, 1.165) is 35.5 Å². The number of anilines is 1. The summed E-state index contributed by atoms with van der Waals surface area (Å²) in [7, 11) is 0. The first-order valence-electron chi connectivity index (χ1n) is 6.97. The maximum absolute atomic E-state index is 13.5. The number of aromatic nitrogens is 3. The van der Waals surface area contributed by atoms with Gasteiger partial charge in [-0.2, -0.15) is 0 Å². The lowest BCUT2D eigenvalue weighted by Gasteiger charge is -2.05. The molecule has 1 heterocycles. The fraction of sp³-hybridized carbons (Fsp3) is 0.0625. The Kier molecular flexibility index (Phi) is 4.85. The maximum atomic E-state index is 13.5. The normalized spacial score (nSPS) is 10.6. The van der Waals surface area contributed by atoms with E-state index in [2.05, 4.69) is 20.5 Å². The summed E-state index contributed by atoms with van der Waals surface area (Å²) in [5.74, 6) is -1.23. The lowest BCUT2D eigenvalue weighted by atomic mass is 10.2. The third-order valence-electron chi connectivity index (χ3n) is 3.05. The van der Waals surface area contributed by atoms with Crippen molar-refractivity contribution in [2.24, 2.45) is 0 Å². The highest BCUT2D eigenvalue weighted by atomic mass is 32.2. The molecule has 1 amide bonds. The van der Waals surface area contributed by atoms with E-state index in [0.29, 0.717) is 11.0 Å². The van der Waals surface area contributed by atoms with Crippen LogP contribution >= 0.6 is 11.8 Å². The Bertz CT molecular complexity index is 854. The Morgan fingerprint density at radius 1 is 1.17 bits per heavy atom. The van der Waals surface area contributed by atoms with E-state index in [4.69, 9.17) is 0 Å². The number of H-pyrrole nitrogens is 1. The molecule has 0 unspecified atom stereocenters. The molecule has 0 aliphatic rings. The molecule has 0 aliphatic carbocycles. The average Bonchev–Trinajstić information content (AvgIpc) is 3.06. The smallest absolute Gasteiger partial charge is 0.234 e. The molecule has 0 saturated heterocycles. The van der Waals surface area contributed by atoms with Crippen LogP contribution in [-0.2, 0) is 4.79 Å². The zero-order valence-corrected chi connectivity index (χ0v) is 13.1. The first kappa shape index (κ1) is 16.1. The number of benzene rings is 2. The van der Waals surface area contributed by atoms with Gasteiger partial charge in [0.1, 0.15) is 11.6 Å². The van der Waals surface area contributed by atoms with Gasteiger partial charge in [-0.05, 0) is 12.1 Å². The second-order valence-corrected chi connectivity index (χ2v) is 5.74. The number of halogens is 2. The monoisotopic (exact) mass is 346 g/mol. The lowest BCUT2D eigenvalue weighted by Crippen LogP contribution is -2.15. The maximum Gasteiger partial charge on any atom is 0.234 e. The van der Waals surface area contributed by atoms with Gasteiger partial charge in [0.25, 0.3) is 0 Å². The first-order chi connectivity index (χ1) is 11.6. The van der Waals surface area contributed by atoms with E-state index in [-0.39, 0.29) is 11.4 Å². The zero-order chi connectivity index (χ0) is 16.9. The van der Waals surface area contributed by atoms with E-state index in [1.54, 1.807) is 0 Å². The first-order valence-corrected chi connectivity index (χ1v) is 7.96. The van der Waals surface area contributed by atoms with Crippen LogP contribution in [0.1, 0.15) is 0 Å². The minimum absolute atomic E-state index is 0.0258. The molecule has 0 aliphatic heterocycles. The highest BCUT2D eigenvalue weighted by molar-refractivity contribution is 7.99. The number of amides is 1. The minimum atomic E-state index is -0.695. The van der Waals surface area contributed by atoms with Crippen LogP contribution in [0, 0.1) is 11.6 Å². The van der Waals surface area contributed by atoms with Crippen molar-refractivity contribution in [2.75, 3.05) is 11.1 Å². The van der Waals surface area contributed by atoms with Gasteiger partial charge in [-0.3, -0.25) is 9.89 Å². The third kappa shape index (κ3) is 3.96. The molecule has 3 aromatic rings. The molecule has 2 aromatic carbocycles. The Morgan fingerprint density at radius 3 is 2.75 bits per heavy atom. The molecule has 122 valence electrons. The van der Waals surface area contributed by atoms with Gasteiger partial charge in [0, 0.05) is 11.6 Å². The van der Waals surface area contributed by atoms with Crippen molar-refractivity contribution in [3.05, 3.63) is 60.2 Å². The number of aromatic amines is 1. The lowest BCUT2D eigenvalue weighted by molar-refractivity contribution is -0.113. The third-order valence-corrected chi connectivity index (χ3v) is 3.89. The van der Waals surface area contributed by atoms with Crippen molar-refractivity contribution < 1.29 is 13.6 Å². The molecule has 24 heavy (non-hydrogen) atoms. The van der Waals surface area contributed by atoms with Gasteiger partial charge >= 0.3 is 0 Å². The fourth-order valence-corrected chi connectivity index (χ4v) is 2.54. The highest BCUT2D eigenvalue weighted by Crippen LogP contribution is 2.20. The van der Waals surface area contributed by atoms with Crippen molar-refractivity contribution >= 4 is 23.4 Å². The number of hydrogen-bond acceptors (Lipinski definition) is 4. The SMILES string of the molecule is O=C(CSc1n[nH]c(-c2ccccc2)n1)Nc1cc(F)ccc1F. The molecule has 3 rings (SSSR count). The highest BCUT2D eigenvalue weighted by Gasteiger charge is 2.11.